The topological polar surface area (TPSA) is 37.3 Å². The Labute approximate surface area is 68.6 Å². The molecule has 2 heteroatoms. The lowest BCUT2D eigenvalue weighted by Crippen LogP contribution is -2.16. The Morgan fingerprint density at radius 2 is 2.00 bits per heavy atom. The van der Waals surface area contributed by atoms with Gasteiger partial charge in [0.25, 0.3) is 0 Å². The summed E-state index contributed by atoms with van der Waals surface area (Å²) in [5, 5.41) is 9.08. The van der Waals surface area contributed by atoms with Crippen molar-refractivity contribution in [2.24, 2.45) is 5.92 Å². The van der Waals surface area contributed by atoms with Crippen molar-refractivity contribution in [1.29, 1.82) is 0 Å². The van der Waals surface area contributed by atoms with Gasteiger partial charge in [0.1, 0.15) is 6.29 Å². The summed E-state index contributed by atoms with van der Waals surface area (Å²) in [6.07, 6.45) is 5.36. The molecule has 0 bridgehead atoms. The van der Waals surface area contributed by atoms with Gasteiger partial charge in [-0.2, -0.15) is 0 Å². The highest BCUT2D eigenvalue weighted by atomic mass is 16.3. The standard InChI is InChI=1S/C7H14O.C2H4O/c1-6-3-2-4-7(8)5-6;1-2-3/h6-8H,2-5H2,1H3;2H,1H3/t6-,7-;/m1./s1. The molecule has 11 heavy (non-hydrogen) atoms. The number of aldehydes is 1. The molecule has 2 atom stereocenters. The van der Waals surface area contributed by atoms with E-state index in [0.717, 1.165) is 25.0 Å². The highest BCUT2D eigenvalue weighted by Crippen LogP contribution is 2.22. The third-order valence-electron chi connectivity index (χ3n) is 1.91. The number of aliphatic hydroxyl groups is 1. The number of aliphatic hydroxyl groups excluding tert-OH is 1. The van der Waals surface area contributed by atoms with E-state index in [-0.39, 0.29) is 6.10 Å². The molecule has 0 spiro atoms. The van der Waals surface area contributed by atoms with Crippen LogP contribution in [-0.4, -0.2) is 17.5 Å². The fourth-order valence-corrected chi connectivity index (χ4v) is 1.40. The van der Waals surface area contributed by atoms with Crippen molar-refractivity contribution in [2.45, 2.75) is 45.6 Å². The van der Waals surface area contributed by atoms with Crippen LogP contribution in [0.1, 0.15) is 39.5 Å². The zero-order valence-electron chi connectivity index (χ0n) is 7.42. The van der Waals surface area contributed by atoms with Crippen LogP contribution in [0.2, 0.25) is 0 Å². The van der Waals surface area contributed by atoms with Crippen molar-refractivity contribution in [3.63, 3.8) is 0 Å². The van der Waals surface area contributed by atoms with E-state index in [1.165, 1.54) is 19.8 Å². The van der Waals surface area contributed by atoms with Gasteiger partial charge >= 0.3 is 0 Å². The summed E-state index contributed by atoms with van der Waals surface area (Å²) in [7, 11) is 0. The van der Waals surface area contributed by atoms with E-state index in [4.69, 9.17) is 9.90 Å². The minimum Gasteiger partial charge on any atom is -0.393 e. The van der Waals surface area contributed by atoms with Crippen molar-refractivity contribution in [3.8, 4) is 0 Å². The molecule has 1 rings (SSSR count). The normalized spacial score (nSPS) is 30.1. The molecule has 0 aromatic heterocycles. The van der Waals surface area contributed by atoms with Gasteiger partial charge in [0.05, 0.1) is 6.10 Å². The Bertz CT molecular complexity index is 93.7. The zero-order valence-corrected chi connectivity index (χ0v) is 7.42. The molecule has 2 nitrogen and oxygen atoms in total. The molecule has 0 saturated heterocycles. The molecule has 1 fully saturated rings. The van der Waals surface area contributed by atoms with Gasteiger partial charge in [-0.15, -0.1) is 0 Å². The SMILES string of the molecule is CC=O.C[C@@H]1CCC[C@@H](O)C1. The van der Waals surface area contributed by atoms with Crippen molar-refractivity contribution in [2.75, 3.05) is 0 Å². The highest BCUT2D eigenvalue weighted by molar-refractivity contribution is 5.44. The zero-order chi connectivity index (χ0) is 8.69. The van der Waals surface area contributed by atoms with Crippen LogP contribution < -0.4 is 0 Å². The van der Waals surface area contributed by atoms with Crippen LogP contribution in [0.25, 0.3) is 0 Å². The molecule has 66 valence electrons. The van der Waals surface area contributed by atoms with Gasteiger partial charge in [-0.1, -0.05) is 19.8 Å². The van der Waals surface area contributed by atoms with Crippen LogP contribution in [0.3, 0.4) is 0 Å². The van der Waals surface area contributed by atoms with Gasteiger partial charge in [-0.05, 0) is 25.7 Å². The van der Waals surface area contributed by atoms with Crippen LogP contribution in [0.5, 0.6) is 0 Å². The minimum atomic E-state index is 0.0127. The number of carbonyl (C=O) groups excluding carboxylic acids is 1. The maximum atomic E-state index is 9.08. The summed E-state index contributed by atoms with van der Waals surface area (Å²) in [5.74, 6) is 0.763. The molecule has 1 saturated carbocycles. The maximum Gasteiger partial charge on any atom is 0.116 e. The van der Waals surface area contributed by atoms with Gasteiger partial charge in [0, 0.05) is 0 Å². The number of hydrogen-bond donors (Lipinski definition) is 1. The molecule has 0 unspecified atom stereocenters. The van der Waals surface area contributed by atoms with E-state index < -0.39 is 0 Å². The average Bonchev–Trinajstić information content (AvgIpc) is 1.88. The first kappa shape index (κ1) is 10.6. The van der Waals surface area contributed by atoms with Crippen molar-refractivity contribution >= 4 is 6.29 Å². The summed E-state index contributed by atoms with van der Waals surface area (Å²) in [4.78, 5) is 8.81. The lowest BCUT2D eigenvalue weighted by atomic mass is 9.89. The van der Waals surface area contributed by atoms with Gasteiger partial charge in [0.2, 0.25) is 0 Å². The van der Waals surface area contributed by atoms with E-state index in [1.807, 2.05) is 0 Å². The van der Waals surface area contributed by atoms with Crippen molar-refractivity contribution < 1.29 is 9.90 Å². The largest absolute Gasteiger partial charge is 0.393 e. The summed E-state index contributed by atoms with van der Waals surface area (Å²) >= 11 is 0. The molecule has 1 aliphatic carbocycles. The number of carbonyl (C=O) groups is 1. The van der Waals surface area contributed by atoms with Crippen LogP contribution in [0, 0.1) is 5.92 Å². The Hall–Kier alpha value is -0.370. The highest BCUT2D eigenvalue weighted by Gasteiger charge is 2.15. The smallest absolute Gasteiger partial charge is 0.116 e. The average molecular weight is 158 g/mol. The molecule has 0 aliphatic heterocycles. The van der Waals surface area contributed by atoms with Crippen LogP contribution in [0.15, 0.2) is 0 Å². The van der Waals surface area contributed by atoms with E-state index in [9.17, 15) is 0 Å². The van der Waals surface area contributed by atoms with Gasteiger partial charge in [0.15, 0.2) is 0 Å². The summed E-state index contributed by atoms with van der Waals surface area (Å²) in [6, 6.07) is 0. The molecule has 0 radical (unpaired) electrons. The quantitative estimate of drug-likeness (QED) is 0.545. The minimum absolute atomic E-state index is 0.0127. The molecule has 1 N–H and O–H groups in total. The van der Waals surface area contributed by atoms with Gasteiger partial charge < -0.3 is 9.90 Å². The Morgan fingerprint density at radius 1 is 1.45 bits per heavy atom. The van der Waals surface area contributed by atoms with E-state index in [1.54, 1.807) is 0 Å². The Kier molecular flexibility index (Phi) is 6.13. The van der Waals surface area contributed by atoms with Crippen LogP contribution in [0.4, 0.5) is 0 Å². The molecule has 1 aliphatic rings. The van der Waals surface area contributed by atoms with E-state index >= 15 is 0 Å². The van der Waals surface area contributed by atoms with Crippen molar-refractivity contribution in [3.05, 3.63) is 0 Å². The second-order valence-electron chi connectivity index (χ2n) is 3.16. The summed E-state index contributed by atoms with van der Waals surface area (Å²) < 4.78 is 0. The third kappa shape index (κ3) is 6.05. The number of rotatable bonds is 0. The summed E-state index contributed by atoms with van der Waals surface area (Å²) in [5.41, 5.74) is 0. The van der Waals surface area contributed by atoms with Gasteiger partial charge in [-0.3, -0.25) is 0 Å². The Morgan fingerprint density at radius 3 is 2.27 bits per heavy atom. The fourth-order valence-electron chi connectivity index (χ4n) is 1.40. The predicted molar refractivity (Wildman–Crippen MR) is 45.4 cm³/mol. The monoisotopic (exact) mass is 158 g/mol. The molecule has 0 aromatic rings. The van der Waals surface area contributed by atoms with Crippen molar-refractivity contribution in [1.82, 2.24) is 0 Å². The molecule has 0 aromatic carbocycles. The molecule has 0 amide bonds. The van der Waals surface area contributed by atoms with E-state index in [0.29, 0.717) is 0 Å². The molecule has 0 heterocycles. The first-order chi connectivity index (χ1) is 5.20. The van der Waals surface area contributed by atoms with Crippen LogP contribution in [-0.2, 0) is 4.79 Å². The Balaban J connectivity index is 0.000000292. The first-order valence-electron chi connectivity index (χ1n) is 4.28. The number of hydrogen-bond acceptors (Lipinski definition) is 2. The fraction of sp³-hybridized carbons (Fsp3) is 0.889. The molecular weight excluding hydrogens is 140 g/mol. The lowest BCUT2D eigenvalue weighted by Gasteiger charge is -2.21. The van der Waals surface area contributed by atoms with Crippen LogP contribution >= 0.6 is 0 Å². The second-order valence-corrected chi connectivity index (χ2v) is 3.16. The third-order valence-corrected chi connectivity index (χ3v) is 1.91. The first-order valence-corrected chi connectivity index (χ1v) is 4.28. The summed E-state index contributed by atoms with van der Waals surface area (Å²) in [6.45, 7) is 3.66. The van der Waals surface area contributed by atoms with E-state index in [2.05, 4.69) is 6.92 Å². The molecular formula is C9H18O2. The maximum absolute atomic E-state index is 9.08. The second kappa shape index (κ2) is 6.35. The predicted octanol–water partition coefficient (Wildman–Crippen LogP) is 1.76. The lowest BCUT2D eigenvalue weighted by molar-refractivity contribution is -0.106. The van der Waals surface area contributed by atoms with Gasteiger partial charge in [-0.25, -0.2) is 0 Å².